The van der Waals surface area contributed by atoms with Crippen molar-refractivity contribution >= 4 is 34.3 Å². The number of piperazine rings is 1. The highest BCUT2D eigenvalue weighted by molar-refractivity contribution is 6.31. The lowest BCUT2D eigenvalue weighted by Gasteiger charge is -2.36. The van der Waals surface area contributed by atoms with E-state index in [-0.39, 0.29) is 5.82 Å². The number of fused-ring (bicyclic) bond motifs is 1. The Morgan fingerprint density at radius 1 is 0.852 bits per heavy atom. The molecule has 140 valence electrons. The van der Waals surface area contributed by atoms with Crippen LogP contribution >= 0.6 is 11.6 Å². The van der Waals surface area contributed by atoms with Crippen molar-refractivity contribution in [2.75, 3.05) is 36.0 Å². The van der Waals surface area contributed by atoms with Crippen molar-refractivity contribution in [3.05, 3.63) is 47.5 Å². The molecule has 0 spiro atoms. The van der Waals surface area contributed by atoms with Crippen molar-refractivity contribution in [3.8, 4) is 0 Å². The summed E-state index contributed by atoms with van der Waals surface area (Å²) in [6, 6.07) is 6.30. The van der Waals surface area contributed by atoms with E-state index in [1.54, 1.807) is 18.3 Å². The summed E-state index contributed by atoms with van der Waals surface area (Å²) in [6.45, 7) is 2.24. The first-order valence-corrected chi connectivity index (χ1v) is 8.59. The number of nitrogens with zero attached hydrogens (tertiary/aromatic N) is 6. The fourth-order valence-corrected chi connectivity index (χ4v) is 3.13. The normalized spacial score (nSPS) is 15.4. The lowest BCUT2D eigenvalue weighted by molar-refractivity contribution is -0.141. The van der Waals surface area contributed by atoms with Crippen LogP contribution in [0.15, 0.2) is 36.8 Å². The standard InChI is InChI=1S/C17H14ClF3N6/c18-11-1-2-12-13(7-11)22-9-16(25-12)27-5-3-26(4-6-27)15-8-14(17(19,20)21)23-10-24-15/h1-2,7-10H,3-6H2. The number of benzene rings is 1. The predicted octanol–water partition coefficient (Wildman–Crippen LogP) is 3.42. The monoisotopic (exact) mass is 394 g/mol. The van der Waals surface area contributed by atoms with Gasteiger partial charge in [0.05, 0.1) is 17.2 Å². The van der Waals surface area contributed by atoms with Crippen LogP contribution in [0, 0.1) is 0 Å². The van der Waals surface area contributed by atoms with E-state index in [9.17, 15) is 13.2 Å². The van der Waals surface area contributed by atoms with Crippen molar-refractivity contribution < 1.29 is 13.2 Å². The summed E-state index contributed by atoms with van der Waals surface area (Å²) in [5.41, 5.74) is 0.518. The fourth-order valence-electron chi connectivity index (χ4n) is 2.97. The first-order chi connectivity index (χ1) is 12.9. The number of alkyl halides is 3. The van der Waals surface area contributed by atoms with Gasteiger partial charge in [0.15, 0.2) is 0 Å². The number of halogens is 4. The first kappa shape index (κ1) is 17.7. The lowest BCUT2D eigenvalue weighted by Crippen LogP contribution is -2.47. The molecule has 10 heteroatoms. The lowest BCUT2D eigenvalue weighted by atomic mass is 10.2. The number of hydrogen-bond donors (Lipinski definition) is 0. The van der Waals surface area contributed by atoms with E-state index in [0.717, 1.165) is 23.7 Å². The number of hydrogen-bond acceptors (Lipinski definition) is 6. The molecule has 3 heterocycles. The summed E-state index contributed by atoms with van der Waals surface area (Å²) in [5.74, 6) is 0.999. The average Bonchev–Trinajstić information content (AvgIpc) is 2.67. The van der Waals surface area contributed by atoms with Crippen molar-refractivity contribution in [2.24, 2.45) is 0 Å². The van der Waals surface area contributed by atoms with Gasteiger partial charge in [-0.05, 0) is 18.2 Å². The molecule has 4 rings (SSSR count). The second-order valence-electron chi connectivity index (χ2n) is 6.09. The molecule has 1 fully saturated rings. The van der Waals surface area contributed by atoms with Crippen molar-refractivity contribution in [1.29, 1.82) is 0 Å². The minimum Gasteiger partial charge on any atom is -0.353 e. The third-order valence-electron chi connectivity index (χ3n) is 4.36. The molecular weight excluding hydrogens is 381 g/mol. The zero-order valence-corrected chi connectivity index (χ0v) is 14.7. The van der Waals surface area contributed by atoms with Gasteiger partial charge >= 0.3 is 6.18 Å². The van der Waals surface area contributed by atoms with Gasteiger partial charge in [0.1, 0.15) is 23.7 Å². The van der Waals surface area contributed by atoms with Crippen LogP contribution in [-0.4, -0.2) is 46.1 Å². The summed E-state index contributed by atoms with van der Waals surface area (Å²) >= 11 is 5.96. The average molecular weight is 395 g/mol. The van der Waals surface area contributed by atoms with E-state index >= 15 is 0 Å². The van der Waals surface area contributed by atoms with E-state index < -0.39 is 11.9 Å². The minimum atomic E-state index is -4.48. The summed E-state index contributed by atoms with van der Waals surface area (Å²) in [6.07, 6.45) is -1.85. The Labute approximate surface area is 157 Å². The third kappa shape index (κ3) is 3.73. The molecule has 0 unspecified atom stereocenters. The van der Waals surface area contributed by atoms with Gasteiger partial charge in [0, 0.05) is 37.3 Å². The first-order valence-electron chi connectivity index (χ1n) is 8.21. The number of aromatic nitrogens is 4. The van der Waals surface area contributed by atoms with Gasteiger partial charge in [-0.15, -0.1) is 0 Å². The largest absolute Gasteiger partial charge is 0.433 e. The molecule has 1 aliphatic rings. The predicted molar refractivity (Wildman–Crippen MR) is 96.0 cm³/mol. The zero-order chi connectivity index (χ0) is 19.0. The second kappa shape index (κ2) is 6.80. The molecule has 27 heavy (non-hydrogen) atoms. The number of rotatable bonds is 2. The Kier molecular flexibility index (Phi) is 4.47. The van der Waals surface area contributed by atoms with Crippen LogP contribution in [0.5, 0.6) is 0 Å². The van der Waals surface area contributed by atoms with Crippen LogP contribution in [0.2, 0.25) is 5.02 Å². The maximum absolute atomic E-state index is 12.8. The van der Waals surface area contributed by atoms with Gasteiger partial charge in [-0.25, -0.2) is 15.0 Å². The molecule has 0 saturated carbocycles. The molecule has 0 amide bonds. The van der Waals surface area contributed by atoms with Gasteiger partial charge < -0.3 is 9.80 Å². The second-order valence-corrected chi connectivity index (χ2v) is 6.53. The highest BCUT2D eigenvalue weighted by atomic mass is 35.5. The SMILES string of the molecule is FC(F)(F)c1cc(N2CCN(c3cnc4cc(Cl)ccc4n3)CC2)ncn1. The van der Waals surface area contributed by atoms with Crippen LogP contribution in [0.4, 0.5) is 24.8 Å². The van der Waals surface area contributed by atoms with Crippen LogP contribution in [0.3, 0.4) is 0 Å². The third-order valence-corrected chi connectivity index (χ3v) is 4.60. The van der Waals surface area contributed by atoms with Gasteiger partial charge in [0.25, 0.3) is 0 Å². The number of anilines is 2. The molecule has 3 aromatic rings. The van der Waals surface area contributed by atoms with Gasteiger partial charge in [-0.3, -0.25) is 4.98 Å². The van der Waals surface area contributed by atoms with Gasteiger partial charge in [-0.2, -0.15) is 13.2 Å². The summed E-state index contributed by atoms with van der Waals surface area (Å²) in [5, 5.41) is 0.598. The van der Waals surface area contributed by atoms with E-state index in [1.807, 2.05) is 15.9 Å². The Morgan fingerprint density at radius 2 is 1.56 bits per heavy atom. The quantitative estimate of drug-likeness (QED) is 0.664. The summed E-state index contributed by atoms with van der Waals surface area (Å²) in [4.78, 5) is 20.1. The van der Waals surface area contributed by atoms with Crippen molar-refractivity contribution in [1.82, 2.24) is 19.9 Å². The zero-order valence-electron chi connectivity index (χ0n) is 14.0. The maximum Gasteiger partial charge on any atom is 0.433 e. The Hall–Kier alpha value is -2.68. The van der Waals surface area contributed by atoms with E-state index in [1.165, 1.54) is 0 Å². The molecule has 1 aliphatic heterocycles. The molecule has 6 nitrogen and oxygen atoms in total. The van der Waals surface area contributed by atoms with Crippen molar-refractivity contribution in [2.45, 2.75) is 6.18 Å². The molecule has 0 aliphatic carbocycles. The Balaban J connectivity index is 1.48. The van der Waals surface area contributed by atoms with Crippen molar-refractivity contribution in [3.63, 3.8) is 0 Å². The summed E-state index contributed by atoms with van der Waals surface area (Å²) < 4.78 is 38.5. The maximum atomic E-state index is 12.8. The molecule has 1 aromatic carbocycles. The molecular formula is C17H14ClF3N6. The van der Waals surface area contributed by atoms with Gasteiger partial charge in [-0.1, -0.05) is 11.6 Å². The molecule has 0 N–H and O–H groups in total. The highest BCUT2D eigenvalue weighted by Gasteiger charge is 2.33. The van der Waals surface area contributed by atoms with Crippen LogP contribution in [-0.2, 0) is 6.18 Å². The Morgan fingerprint density at radius 3 is 2.26 bits per heavy atom. The Bertz CT molecular complexity index is 972. The minimum absolute atomic E-state index is 0.274. The molecule has 0 bridgehead atoms. The molecule has 2 aromatic heterocycles. The van der Waals surface area contributed by atoms with E-state index in [0.29, 0.717) is 36.7 Å². The molecule has 0 radical (unpaired) electrons. The summed E-state index contributed by atoms with van der Waals surface area (Å²) in [7, 11) is 0. The van der Waals surface area contributed by atoms with Crippen LogP contribution < -0.4 is 9.80 Å². The van der Waals surface area contributed by atoms with E-state index in [4.69, 9.17) is 11.6 Å². The molecule has 0 atom stereocenters. The van der Waals surface area contributed by atoms with Crippen LogP contribution in [0.25, 0.3) is 11.0 Å². The van der Waals surface area contributed by atoms with E-state index in [2.05, 4.69) is 19.9 Å². The smallest absolute Gasteiger partial charge is 0.353 e. The highest BCUT2D eigenvalue weighted by Crippen LogP contribution is 2.29. The van der Waals surface area contributed by atoms with Crippen LogP contribution in [0.1, 0.15) is 5.69 Å². The fraction of sp³-hybridized carbons (Fsp3) is 0.294. The van der Waals surface area contributed by atoms with Gasteiger partial charge in [0.2, 0.25) is 0 Å². The topological polar surface area (TPSA) is 58.0 Å². The molecule has 1 saturated heterocycles.